The lowest BCUT2D eigenvalue weighted by molar-refractivity contribution is 0.126. The van der Waals surface area contributed by atoms with Gasteiger partial charge in [-0.25, -0.2) is 4.98 Å². The van der Waals surface area contributed by atoms with E-state index in [2.05, 4.69) is 15.2 Å². The molecule has 102 valence electrons. The van der Waals surface area contributed by atoms with Crippen LogP contribution in [0.3, 0.4) is 0 Å². The molecule has 2 rings (SSSR count). The first-order valence-electron chi connectivity index (χ1n) is 5.81. The molecular weight excluding hydrogens is 264 g/mol. The Kier molecular flexibility index (Phi) is 4.64. The SMILES string of the molecule is Cc1nc(SCC(O)COc2cccc(N)c2)n[nH]1. The van der Waals surface area contributed by atoms with Gasteiger partial charge in [0, 0.05) is 17.5 Å². The van der Waals surface area contributed by atoms with Gasteiger partial charge in [-0.3, -0.25) is 5.10 Å². The van der Waals surface area contributed by atoms with Crippen molar-refractivity contribution in [1.82, 2.24) is 15.2 Å². The predicted molar refractivity (Wildman–Crippen MR) is 74.2 cm³/mol. The van der Waals surface area contributed by atoms with Crippen LogP contribution >= 0.6 is 11.8 Å². The zero-order valence-electron chi connectivity index (χ0n) is 10.5. The third kappa shape index (κ3) is 4.46. The number of H-pyrrole nitrogens is 1. The molecule has 2 aromatic rings. The fourth-order valence-electron chi connectivity index (χ4n) is 1.40. The zero-order chi connectivity index (χ0) is 13.7. The Morgan fingerprint density at radius 1 is 1.53 bits per heavy atom. The fraction of sp³-hybridized carbons (Fsp3) is 0.333. The van der Waals surface area contributed by atoms with Crippen molar-refractivity contribution in [3.05, 3.63) is 30.1 Å². The number of nitrogens with one attached hydrogen (secondary N) is 1. The molecular formula is C12H16N4O2S. The molecule has 0 aliphatic carbocycles. The van der Waals surface area contributed by atoms with Crippen LogP contribution in [0.2, 0.25) is 0 Å². The van der Waals surface area contributed by atoms with E-state index in [9.17, 15) is 5.11 Å². The number of anilines is 1. The second-order valence-corrected chi connectivity index (χ2v) is 5.04. The number of aromatic amines is 1. The highest BCUT2D eigenvalue weighted by atomic mass is 32.2. The molecule has 19 heavy (non-hydrogen) atoms. The summed E-state index contributed by atoms with van der Waals surface area (Å²) in [6, 6.07) is 7.11. The topological polar surface area (TPSA) is 97.1 Å². The number of aromatic nitrogens is 3. The summed E-state index contributed by atoms with van der Waals surface area (Å²) in [6.45, 7) is 2.04. The maximum absolute atomic E-state index is 9.81. The first kappa shape index (κ1) is 13.7. The van der Waals surface area contributed by atoms with E-state index in [4.69, 9.17) is 10.5 Å². The fourth-order valence-corrected chi connectivity index (χ4v) is 2.15. The van der Waals surface area contributed by atoms with Crippen molar-refractivity contribution >= 4 is 17.4 Å². The Bertz CT molecular complexity index is 532. The smallest absolute Gasteiger partial charge is 0.208 e. The minimum Gasteiger partial charge on any atom is -0.491 e. The van der Waals surface area contributed by atoms with Crippen LogP contribution in [0.4, 0.5) is 5.69 Å². The molecule has 0 saturated heterocycles. The van der Waals surface area contributed by atoms with Crippen LogP contribution < -0.4 is 10.5 Å². The highest BCUT2D eigenvalue weighted by Crippen LogP contribution is 2.16. The lowest BCUT2D eigenvalue weighted by Crippen LogP contribution is -2.20. The summed E-state index contributed by atoms with van der Waals surface area (Å²) in [5.41, 5.74) is 6.27. The summed E-state index contributed by atoms with van der Waals surface area (Å²) in [7, 11) is 0. The minimum atomic E-state index is -0.592. The van der Waals surface area contributed by atoms with E-state index in [1.165, 1.54) is 11.8 Å². The Balaban J connectivity index is 1.74. The van der Waals surface area contributed by atoms with Crippen LogP contribution in [0, 0.1) is 6.92 Å². The Hall–Kier alpha value is -1.73. The van der Waals surface area contributed by atoms with Crippen molar-refractivity contribution in [3.63, 3.8) is 0 Å². The second kappa shape index (κ2) is 6.44. The van der Waals surface area contributed by atoms with E-state index in [1.807, 2.05) is 13.0 Å². The molecule has 0 bridgehead atoms. The third-order valence-corrected chi connectivity index (χ3v) is 3.27. The summed E-state index contributed by atoms with van der Waals surface area (Å²) in [4.78, 5) is 4.14. The van der Waals surface area contributed by atoms with Crippen LogP contribution in [0.5, 0.6) is 5.75 Å². The van der Waals surface area contributed by atoms with Gasteiger partial charge in [-0.2, -0.15) is 0 Å². The molecule has 0 fully saturated rings. The lowest BCUT2D eigenvalue weighted by Gasteiger charge is -2.11. The average Bonchev–Trinajstić information content (AvgIpc) is 2.80. The molecule has 6 nitrogen and oxygen atoms in total. The van der Waals surface area contributed by atoms with Crippen molar-refractivity contribution in [2.75, 3.05) is 18.1 Å². The molecule has 4 N–H and O–H groups in total. The second-order valence-electron chi connectivity index (χ2n) is 4.05. The molecule has 1 aromatic carbocycles. The number of hydrogen-bond donors (Lipinski definition) is 3. The molecule has 0 aliphatic rings. The molecule has 0 amide bonds. The number of ether oxygens (including phenoxy) is 1. The van der Waals surface area contributed by atoms with Crippen molar-refractivity contribution < 1.29 is 9.84 Å². The number of rotatable bonds is 6. The number of hydrogen-bond acceptors (Lipinski definition) is 6. The van der Waals surface area contributed by atoms with Gasteiger partial charge in [0.2, 0.25) is 5.16 Å². The largest absolute Gasteiger partial charge is 0.491 e. The molecule has 1 atom stereocenters. The third-order valence-electron chi connectivity index (χ3n) is 2.28. The van der Waals surface area contributed by atoms with E-state index in [-0.39, 0.29) is 6.61 Å². The molecule has 0 radical (unpaired) electrons. The van der Waals surface area contributed by atoms with Gasteiger partial charge in [0.05, 0.1) is 6.10 Å². The molecule has 7 heteroatoms. The van der Waals surface area contributed by atoms with Crippen molar-refractivity contribution in [2.24, 2.45) is 0 Å². The number of benzene rings is 1. The van der Waals surface area contributed by atoms with Crippen LogP contribution in [0.1, 0.15) is 5.82 Å². The Morgan fingerprint density at radius 3 is 3.05 bits per heavy atom. The van der Waals surface area contributed by atoms with Crippen LogP contribution in [-0.2, 0) is 0 Å². The van der Waals surface area contributed by atoms with Crippen molar-refractivity contribution in [1.29, 1.82) is 0 Å². The summed E-state index contributed by atoms with van der Waals surface area (Å²) >= 11 is 1.38. The van der Waals surface area contributed by atoms with Crippen LogP contribution in [0.25, 0.3) is 0 Å². The number of thioether (sulfide) groups is 1. The number of aryl methyl sites for hydroxylation is 1. The van der Waals surface area contributed by atoms with Crippen LogP contribution in [-0.4, -0.2) is 38.8 Å². The van der Waals surface area contributed by atoms with Gasteiger partial charge >= 0.3 is 0 Å². The minimum absolute atomic E-state index is 0.208. The van der Waals surface area contributed by atoms with E-state index in [1.54, 1.807) is 18.2 Å². The van der Waals surface area contributed by atoms with Gasteiger partial charge in [-0.15, -0.1) is 5.10 Å². The van der Waals surface area contributed by atoms with Gasteiger partial charge in [0.15, 0.2) is 0 Å². The van der Waals surface area contributed by atoms with Gasteiger partial charge in [-0.1, -0.05) is 17.8 Å². The maximum atomic E-state index is 9.81. The maximum Gasteiger partial charge on any atom is 0.208 e. The first-order valence-corrected chi connectivity index (χ1v) is 6.80. The highest BCUT2D eigenvalue weighted by molar-refractivity contribution is 7.99. The van der Waals surface area contributed by atoms with Crippen molar-refractivity contribution in [2.45, 2.75) is 18.2 Å². The van der Waals surface area contributed by atoms with E-state index < -0.39 is 6.10 Å². The van der Waals surface area contributed by atoms with Gasteiger partial charge in [0.1, 0.15) is 18.2 Å². The van der Waals surface area contributed by atoms with E-state index >= 15 is 0 Å². The summed E-state index contributed by atoms with van der Waals surface area (Å²) in [5, 5.41) is 17.2. The lowest BCUT2D eigenvalue weighted by atomic mass is 10.3. The molecule has 1 heterocycles. The quantitative estimate of drug-likeness (QED) is 0.544. The number of nitrogens with two attached hydrogens (primary N) is 1. The van der Waals surface area contributed by atoms with Crippen molar-refractivity contribution in [3.8, 4) is 5.75 Å². The van der Waals surface area contributed by atoms with Gasteiger partial charge in [-0.05, 0) is 19.1 Å². The summed E-state index contributed by atoms with van der Waals surface area (Å²) in [6.07, 6.45) is -0.592. The van der Waals surface area contributed by atoms with Crippen LogP contribution in [0.15, 0.2) is 29.4 Å². The number of aliphatic hydroxyl groups excluding tert-OH is 1. The van der Waals surface area contributed by atoms with Gasteiger partial charge in [0.25, 0.3) is 0 Å². The molecule has 0 spiro atoms. The molecule has 0 aliphatic heterocycles. The monoisotopic (exact) mass is 280 g/mol. The number of aliphatic hydroxyl groups is 1. The average molecular weight is 280 g/mol. The van der Waals surface area contributed by atoms with Gasteiger partial charge < -0.3 is 15.6 Å². The molecule has 1 unspecified atom stereocenters. The zero-order valence-corrected chi connectivity index (χ0v) is 11.4. The number of nitrogen functional groups attached to an aromatic ring is 1. The molecule has 1 aromatic heterocycles. The van der Waals surface area contributed by atoms with E-state index in [0.29, 0.717) is 22.3 Å². The summed E-state index contributed by atoms with van der Waals surface area (Å²) < 4.78 is 5.45. The Morgan fingerprint density at radius 2 is 2.37 bits per heavy atom. The normalized spacial score (nSPS) is 12.3. The Labute approximate surface area is 115 Å². The molecule has 0 saturated carbocycles. The standard InChI is InChI=1S/C12H16N4O2S/c1-8-14-12(16-15-8)19-7-10(17)6-18-11-4-2-3-9(13)5-11/h2-5,10,17H,6-7,13H2,1H3,(H,14,15,16). The van der Waals surface area contributed by atoms with E-state index in [0.717, 1.165) is 5.82 Å². The summed E-state index contributed by atoms with van der Waals surface area (Å²) in [5.74, 6) is 1.88. The number of nitrogens with zero attached hydrogens (tertiary/aromatic N) is 2. The highest BCUT2D eigenvalue weighted by Gasteiger charge is 2.09. The predicted octanol–water partition coefficient (Wildman–Crippen LogP) is 1.23. The first-order chi connectivity index (χ1) is 9.13.